The molecule has 2 atom stereocenters. The van der Waals surface area contributed by atoms with Crippen molar-refractivity contribution in [2.75, 3.05) is 0 Å². The van der Waals surface area contributed by atoms with Gasteiger partial charge in [0, 0.05) is 11.8 Å². The molecule has 0 fully saturated rings. The molecule has 0 radical (unpaired) electrons. The van der Waals surface area contributed by atoms with Crippen LogP contribution in [-0.4, -0.2) is 0 Å². The van der Waals surface area contributed by atoms with Crippen LogP contribution in [0.25, 0.3) is 0 Å². The van der Waals surface area contributed by atoms with E-state index >= 15 is 0 Å². The zero-order valence-electron chi connectivity index (χ0n) is 10.9. The Morgan fingerprint density at radius 1 is 0.789 bits per heavy atom. The molecule has 0 saturated heterocycles. The largest absolute Gasteiger partial charge is 0.468 e. The van der Waals surface area contributed by atoms with Gasteiger partial charge in [-0.2, -0.15) is 0 Å². The molecule has 0 amide bonds. The van der Waals surface area contributed by atoms with Crippen LogP contribution in [0.15, 0.2) is 84.4 Å². The lowest BCUT2D eigenvalue weighted by Crippen LogP contribution is -2.11. The van der Waals surface area contributed by atoms with Gasteiger partial charge in [-0.15, -0.1) is 0 Å². The number of hydrogen-bond donors (Lipinski definition) is 0. The van der Waals surface area contributed by atoms with Gasteiger partial charge in [-0.1, -0.05) is 60.8 Å². The van der Waals surface area contributed by atoms with Gasteiger partial charge >= 0.3 is 0 Å². The van der Waals surface area contributed by atoms with E-state index in [1.807, 2.05) is 6.08 Å². The zero-order valence-corrected chi connectivity index (χ0v) is 10.9. The average molecular weight is 250 g/mol. The number of rotatable bonds is 2. The molecule has 0 aromatic heterocycles. The lowest BCUT2D eigenvalue weighted by Gasteiger charge is -2.23. The summed E-state index contributed by atoms with van der Waals surface area (Å²) in [5.74, 6) is 1.87. The predicted molar refractivity (Wildman–Crippen MR) is 79.2 cm³/mol. The topological polar surface area (TPSA) is 9.23 Å². The van der Waals surface area contributed by atoms with E-state index < -0.39 is 0 Å². The molecular formula is C18H18O. The van der Waals surface area contributed by atoms with E-state index in [2.05, 4.69) is 60.8 Å². The summed E-state index contributed by atoms with van der Waals surface area (Å²) in [4.78, 5) is 0. The first-order chi connectivity index (χ1) is 9.45. The molecule has 2 aliphatic carbocycles. The van der Waals surface area contributed by atoms with Crippen LogP contribution in [-0.2, 0) is 4.74 Å². The lowest BCUT2D eigenvalue weighted by molar-refractivity contribution is 0.301. The van der Waals surface area contributed by atoms with Crippen LogP contribution in [0.1, 0.15) is 12.8 Å². The van der Waals surface area contributed by atoms with Gasteiger partial charge in [0.15, 0.2) is 0 Å². The second-order valence-electron chi connectivity index (χ2n) is 4.94. The summed E-state index contributed by atoms with van der Waals surface area (Å²) in [5.41, 5.74) is 1.30. The molecule has 0 aromatic carbocycles. The molecule has 3 aliphatic rings. The molecule has 1 heteroatoms. The Balaban J connectivity index is 1.95. The fourth-order valence-electron chi connectivity index (χ4n) is 2.66. The molecule has 0 saturated carbocycles. The molecule has 19 heavy (non-hydrogen) atoms. The highest BCUT2D eigenvalue weighted by Crippen LogP contribution is 2.33. The Morgan fingerprint density at radius 3 is 2.21 bits per heavy atom. The smallest absolute Gasteiger partial charge is 0.114 e. The minimum absolute atomic E-state index is 0.353. The fourth-order valence-corrected chi connectivity index (χ4v) is 2.66. The monoisotopic (exact) mass is 250 g/mol. The molecule has 1 aliphatic heterocycles. The normalized spacial score (nSPS) is 28.6. The van der Waals surface area contributed by atoms with E-state index in [0.29, 0.717) is 11.8 Å². The van der Waals surface area contributed by atoms with Crippen molar-refractivity contribution in [3.05, 3.63) is 84.4 Å². The summed E-state index contributed by atoms with van der Waals surface area (Å²) in [6.07, 6.45) is 27.4. The highest BCUT2D eigenvalue weighted by molar-refractivity contribution is 5.37. The van der Waals surface area contributed by atoms with E-state index in [-0.39, 0.29) is 0 Å². The van der Waals surface area contributed by atoms with Gasteiger partial charge in [-0.25, -0.2) is 0 Å². The van der Waals surface area contributed by atoms with Crippen LogP contribution < -0.4 is 0 Å². The van der Waals surface area contributed by atoms with Gasteiger partial charge in [0.2, 0.25) is 0 Å². The van der Waals surface area contributed by atoms with Crippen molar-refractivity contribution < 1.29 is 4.74 Å². The third kappa shape index (κ3) is 2.70. The van der Waals surface area contributed by atoms with Crippen LogP contribution in [0.4, 0.5) is 0 Å². The molecule has 0 bridgehead atoms. The molecule has 1 heterocycles. The van der Waals surface area contributed by atoms with E-state index in [1.54, 1.807) is 6.26 Å². The summed E-state index contributed by atoms with van der Waals surface area (Å²) < 4.78 is 5.90. The van der Waals surface area contributed by atoms with E-state index in [4.69, 9.17) is 4.74 Å². The van der Waals surface area contributed by atoms with E-state index in [1.165, 1.54) is 5.57 Å². The Morgan fingerprint density at radius 2 is 1.53 bits per heavy atom. The predicted octanol–water partition coefficient (Wildman–Crippen LogP) is 4.61. The molecule has 0 N–H and O–H groups in total. The van der Waals surface area contributed by atoms with Gasteiger partial charge in [0.25, 0.3) is 0 Å². The van der Waals surface area contributed by atoms with Crippen molar-refractivity contribution in [2.24, 2.45) is 11.8 Å². The number of allylic oxidation sites excluding steroid dienone is 12. The summed E-state index contributed by atoms with van der Waals surface area (Å²) in [5, 5.41) is 0. The maximum Gasteiger partial charge on any atom is 0.114 e. The van der Waals surface area contributed by atoms with Crippen LogP contribution in [0.5, 0.6) is 0 Å². The molecule has 1 nitrogen and oxygen atoms in total. The van der Waals surface area contributed by atoms with Crippen LogP contribution in [0, 0.1) is 11.8 Å². The van der Waals surface area contributed by atoms with Crippen LogP contribution in [0.2, 0.25) is 0 Å². The van der Waals surface area contributed by atoms with E-state index in [0.717, 1.165) is 18.6 Å². The third-order valence-electron chi connectivity index (χ3n) is 3.64. The van der Waals surface area contributed by atoms with Crippen molar-refractivity contribution in [1.82, 2.24) is 0 Å². The minimum Gasteiger partial charge on any atom is -0.468 e. The highest BCUT2D eigenvalue weighted by atomic mass is 16.5. The van der Waals surface area contributed by atoms with Crippen molar-refractivity contribution in [2.45, 2.75) is 12.8 Å². The fraction of sp³-hybridized carbons (Fsp3) is 0.222. The van der Waals surface area contributed by atoms with Crippen LogP contribution in [0.3, 0.4) is 0 Å². The summed E-state index contributed by atoms with van der Waals surface area (Å²) in [7, 11) is 0. The average Bonchev–Trinajstić information content (AvgIpc) is 2.75. The maximum absolute atomic E-state index is 5.90. The SMILES string of the molecule is C1=CCC(C2=C(C3C=CC=CC3)OC=CC=C2)C=C1. The standard InChI is InChI=1S/C18H18O/c1-3-9-15(10-4-1)17-13-7-8-14-19-18(17)16-11-5-2-6-12-16/h1-9,11,13-16H,10,12H2. The molecule has 3 rings (SSSR count). The van der Waals surface area contributed by atoms with Gasteiger partial charge in [-0.05, 0) is 24.5 Å². The first-order valence-electron chi connectivity index (χ1n) is 6.86. The summed E-state index contributed by atoms with van der Waals surface area (Å²) >= 11 is 0. The van der Waals surface area contributed by atoms with Gasteiger partial charge in [0.05, 0.1) is 6.26 Å². The second kappa shape index (κ2) is 5.75. The lowest BCUT2D eigenvalue weighted by atomic mass is 9.86. The Labute approximate surface area is 114 Å². The number of ether oxygens (including phenoxy) is 1. The Kier molecular flexibility index (Phi) is 3.64. The summed E-state index contributed by atoms with van der Waals surface area (Å²) in [6.45, 7) is 0. The first-order valence-corrected chi connectivity index (χ1v) is 6.86. The van der Waals surface area contributed by atoms with Crippen LogP contribution >= 0.6 is 0 Å². The van der Waals surface area contributed by atoms with Crippen molar-refractivity contribution in [1.29, 1.82) is 0 Å². The molecular weight excluding hydrogens is 232 g/mol. The molecule has 2 unspecified atom stereocenters. The van der Waals surface area contributed by atoms with Crippen molar-refractivity contribution in [3.8, 4) is 0 Å². The first kappa shape index (κ1) is 12.0. The molecule has 96 valence electrons. The number of hydrogen-bond acceptors (Lipinski definition) is 1. The molecule has 0 spiro atoms. The Bertz CT molecular complexity index is 538. The summed E-state index contributed by atoms with van der Waals surface area (Å²) in [6, 6.07) is 0. The Hall–Kier alpha value is -2.02. The van der Waals surface area contributed by atoms with Gasteiger partial charge in [-0.3, -0.25) is 0 Å². The third-order valence-corrected chi connectivity index (χ3v) is 3.64. The highest BCUT2D eigenvalue weighted by Gasteiger charge is 2.22. The maximum atomic E-state index is 5.90. The zero-order chi connectivity index (χ0) is 12.9. The van der Waals surface area contributed by atoms with Gasteiger partial charge < -0.3 is 4.74 Å². The van der Waals surface area contributed by atoms with Crippen molar-refractivity contribution >= 4 is 0 Å². The van der Waals surface area contributed by atoms with E-state index in [9.17, 15) is 0 Å². The second-order valence-corrected chi connectivity index (χ2v) is 4.94. The molecule has 0 aromatic rings. The minimum atomic E-state index is 0.353. The van der Waals surface area contributed by atoms with Crippen molar-refractivity contribution in [3.63, 3.8) is 0 Å². The quantitative estimate of drug-likeness (QED) is 0.695. The van der Waals surface area contributed by atoms with Gasteiger partial charge in [0.1, 0.15) is 5.76 Å².